The molecule has 0 saturated carbocycles. The van der Waals surface area contributed by atoms with Crippen molar-refractivity contribution in [3.8, 4) is 0 Å². The van der Waals surface area contributed by atoms with Gasteiger partial charge < -0.3 is 10.3 Å². The van der Waals surface area contributed by atoms with Crippen molar-refractivity contribution in [1.82, 2.24) is 0 Å². The lowest BCUT2D eigenvalue weighted by molar-refractivity contribution is 0.561. The minimum atomic E-state index is -1.27. The van der Waals surface area contributed by atoms with Gasteiger partial charge in [0.05, 0.1) is 11.4 Å². The second kappa shape index (κ2) is 5.63. The van der Waals surface area contributed by atoms with E-state index in [1.807, 2.05) is 46.8 Å². The number of nitrogens with two attached hydrogens (primary N) is 1. The Balaban J connectivity index is 3.19. The monoisotopic (exact) mass is 330 g/mol. The van der Waals surface area contributed by atoms with Crippen molar-refractivity contribution in [2.24, 2.45) is 4.40 Å². The largest absolute Gasteiger partial charge is 0.591 e. The molecule has 0 spiro atoms. The quantitative estimate of drug-likeness (QED) is 0.511. The number of nitrogens with zero attached hydrogens (tertiary/aromatic N) is 1. The van der Waals surface area contributed by atoms with Gasteiger partial charge in [0.15, 0.2) is 0 Å². The van der Waals surface area contributed by atoms with E-state index in [9.17, 15) is 4.55 Å². The maximum Gasteiger partial charge on any atom is 0.144 e. The van der Waals surface area contributed by atoms with Gasteiger partial charge in [0, 0.05) is 10.0 Å². The third-order valence-corrected chi connectivity index (χ3v) is 4.55. The van der Waals surface area contributed by atoms with Crippen LogP contribution in [0.3, 0.4) is 0 Å². The Morgan fingerprint density at radius 1 is 1.39 bits per heavy atom. The molecule has 0 bridgehead atoms. The van der Waals surface area contributed by atoms with Gasteiger partial charge >= 0.3 is 0 Å². The summed E-state index contributed by atoms with van der Waals surface area (Å²) in [5.41, 5.74) is 9.26. The van der Waals surface area contributed by atoms with Crippen molar-refractivity contribution < 1.29 is 4.55 Å². The van der Waals surface area contributed by atoms with Crippen LogP contribution in [0.1, 0.15) is 38.8 Å². The van der Waals surface area contributed by atoms with Crippen molar-refractivity contribution in [1.29, 1.82) is 0 Å². The fourth-order valence-corrected chi connectivity index (χ4v) is 2.56. The molecular weight excluding hydrogens is 312 g/mol. The van der Waals surface area contributed by atoms with E-state index >= 15 is 0 Å². The zero-order valence-corrected chi connectivity index (χ0v) is 13.8. The molecule has 1 atom stereocenters. The van der Waals surface area contributed by atoms with Crippen LogP contribution in [-0.4, -0.2) is 15.0 Å². The standard InChI is InChI=1S/C13H19BrN2OS/c1-8-6-10(12(15)11(14)7-8)9(2)16-18(17)13(3,4)5/h6-7H,15H2,1-5H3/t18-/m1/s1. The second-order valence-electron chi connectivity index (χ2n) is 5.25. The lowest BCUT2D eigenvalue weighted by Gasteiger charge is -2.19. The Morgan fingerprint density at radius 2 is 1.94 bits per heavy atom. The molecule has 2 N–H and O–H groups in total. The molecule has 3 nitrogen and oxygen atoms in total. The SMILES string of the molecule is CC(=N[S@+]([O-])C(C)(C)C)c1cc(C)cc(Br)c1N. The number of halogens is 1. The first-order valence-electron chi connectivity index (χ1n) is 5.66. The summed E-state index contributed by atoms with van der Waals surface area (Å²) < 4.78 is 16.7. The average Bonchev–Trinajstić information content (AvgIpc) is 2.21. The molecule has 0 aromatic heterocycles. The molecule has 0 heterocycles. The molecule has 0 saturated heterocycles. The molecule has 1 rings (SSSR count). The Bertz CT molecular complexity index is 481. The Morgan fingerprint density at radius 3 is 2.44 bits per heavy atom. The van der Waals surface area contributed by atoms with Gasteiger partial charge in [-0.15, -0.1) is 0 Å². The number of benzene rings is 1. The minimum Gasteiger partial charge on any atom is -0.591 e. The number of rotatable bonds is 2. The van der Waals surface area contributed by atoms with E-state index in [1.54, 1.807) is 0 Å². The predicted molar refractivity (Wildman–Crippen MR) is 83.4 cm³/mol. The number of nitrogen functional groups attached to an aromatic ring is 1. The average molecular weight is 331 g/mol. The van der Waals surface area contributed by atoms with Crippen LogP contribution in [0.4, 0.5) is 5.69 Å². The highest BCUT2D eigenvalue weighted by molar-refractivity contribution is 9.10. The third-order valence-electron chi connectivity index (χ3n) is 2.41. The second-order valence-corrected chi connectivity index (χ2v) is 8.01. The number of aryl methyl sites for hydroxylation is 1. The van der Waals surface area contributed by atoms with E-state index in [2.05, 4.69) is 20.3 Å². The summed E-state index contributed by atoms with van der Waals surface area (Å²) in [5.74, 6) is 0. The maximum atomic E-state index is 12.0. The molecule has 0 fully saturated rings. The van der Waals surface area contributed by atoms with Crippen molar-refractivity contribution >= 4 is 38.7 Å². The highest BCUT2D eigenvalue weighted by Crippen LogP contribution is 2.27. The Labute approximate surface area is 120 Å². The fourth-order valence-electron chi connectivity index (χ4n) is 1.36. The smallest absolute Gasteiger partial charge is 0.144 e. The molecule has 18 heavy (non-hydrogen) atoms. The Hall–Kier alpha value is -0.520. The van der Waals surface area contributed by atoms with Crippen LogP contribution in [0.2, 0.25) is 0 Å². The molecular formula is C13H19BrN2OS. The molecule has 0 aliphatic carbocycles. The van der Waals surface area contributed by atoms with Gasteiger partial charge in [-0.25, -0.2) is 0 Å². The van der Waals surface area contributed by atoms with Crippen molar-refractivity contribution in [3.63, 3.8) is 0 Å². The number of hydrogen-bond acceptors (Lipinski definition) is 3. The molecule has 0 aliphatic heterocycles. The zero-order chi connectivity index (χ0) is 14.1. The van der Waals surface area contributed by atoms with E-state index in [0.717, 1.165) is 15.6 Å². The molecule has 0 unspecified atom stereocenters. The van der Waals surface area contributed by atoms with E-state index in [-0.39, 0.29) is 4.75 Å². The van der Waals surface area contributed by atoms with Crippen LogP contribution < -0.4 is 5.73 Å². The highest BCUT2D eigenvalue weighted by atomic mass is 79.9. The van der Waals surface area contributed by atoms with Crippen LogP contribution in [-0.2, 0) is 11.4 Å². The minimum absolute atomic E-state index is 0.364. The zero-order valence-electron chi connectivity index (χ0n) is 11.4. The summed E-state index contributed by atoms with van der Waals surface area (Å²) in [6, 6.07) is 3.91. The first-order chi connectivity index (χ1) is 8.12. The van der Waals surface area contributed by atoms with Gasteiger partial charge in [-0.1, -0.05) is 4.40 Å². The summed E-state index contributed by atoms with van der Waals surface area (Å²) in [6.45, 7) is 9.52. The predicted octanol–water partition coefficient (Wildman–Crippen LogP) is 3.61. The lowest BCUT2D eigenvalue weighted by atomic mass is 10.1. The molecule has 0 radical (unpaired) electrons. The summed E-state index contributed by atoms with van der Waals surface area (Å²) in [5, 5.41) is 0. The molecule has 1 aromatic rings. The highest BCUT2D eigenvalue weighted by Gasteiger charge is 2.27. The van der Waals surface area contributed by atoms with Gasteiger partial charge in [0.2, 0.25) is 0 Å². The van der Waals surface area contributed by atoms with E-state index in [0.29, 0.717) is 11.4 Å². The summed E-state index contributed by atoms with van der Waals surface area (Å²) in [7, 11) is 0. The van der Waals surface area contributed by atoms with Crippen LogP contribution in [0.5, 0.6) is 0 Å². The first kappa shape index (κ1) is 15.5. The topological polar surface area (TPSA) is 61.4 Å². The third kappa shape index (κ3) is 3.73. The summed E-state index contributed by atoms with van der Waals surface area (Å²) in [6.07, 6.45) is 0. The van der Waals surface area contributed by atoms with Crippen molar-refractivity contribution in [3.05, 3.63) is 27.7 Å². The van der Waals surface area contributed by atoms with Crippen molar-refractivity contribution in [2.75, 3.05) is 5.73 Å². The molecule has 1 aromatic carbocycles. The van der Waals surface area contributed by atoms with Crippen molar-refractivity contribution in [2.45, 2.75) is 39.4 Å². The maximum absolute atomic E-state index is 12.0. The van der Waals surface area contributed by atoms with E-state index < -0.39 is 11.4 Å². The van der Waals surface area contributed by atoms with Crippen LogP contribution in [0.25, 0.3) is 0 Å². The number of anilines is 1. The molecule has 0 aliphatic rings. The van der Waals surface area contributed by atoms with Gasteiger partial charge in [-0.2, -0.15) is 0 Å². The van der Waals surface area contributed by atoms with E-state index in [1.165, 1.54) is 0 Å². The van der Waals surface area contributed by atoms with Gasteiger partial charge in [0.25, 0.3) is 0 Å². The van der Waals surface area contributed by atoms with Gasteiger partial charge in [-0.05, 0) is 68.2 Å². The normalized spacial score (nSPS) is 14.7. The first-order valence-corrected chi connectivity index (χ1v) is 7.56. The van der Waals surface area contributed by atoms with Crippen LogP contribution in [0, 0.1) is 6.92 Å². The van der Waals surface area contributed by atoms with E-state index in [4.69, 9.17) is 5.73 Å². The summed E-state index contributed by atoms with van der Waals surface area (Å²) in [4.78, 5) is 0. The molecule has 100 valence electrons. The number of hydrogen-bond donors (Lipinski definition) is 1. The Kier molecular flexibility index (Phi) is 4.86. The molecule has 5 heteroatoms. The van der Waals surface area contributed by atoms with Gasteiger partial charge in [-0.3, -0.25) is 0 Å². The van der Waals surface area contributed by atoms with Crippen LogP contribution >= 0.6 is 15.9 Å². The summed E-state index contributed by atoms with van der Waals surface area (Å²) >= 11 is 2.14. The lowest BCUT2D eigenvalue weighted by Crippen LogP contribution is -2.26. The van der Waals surface area contributed by atoms with Crippen LogP contribution in [0.15, 0.2) is 21.0 Å². The molecule has 0 amide bonds. The van der Waals surface area contributed by atoms with Gasteiger partial charge in [0.1, 0.15) is 16.1 Å². The fraction of sp³-hybridized carbons (Fsp3) is 0.462.